The fourth-order valence-electron chi connectivity index (χ4n) is 2.74. The van der Waals surface area contributed by atoms with Crippen LogP contribution in [0.1, 0.15) is 46.6 Å². The molecule has 0 saturated heterocycles. The molecule has 1 aliphatic rings. The molecule has 0 unspecified atom stereocenters. The van der Waals surface area contributed by atoms with E-state index in [0.29, 0.717) is 17.1 Å². The molecule has 0 spiro atoms. The molecule has 1 saturated carbocycles. The molecule has 1 fully saturated rings. The van der Waals surface area contributed by atoms with Crippen LogP contribution in [0, 0.1) is 13.8 Å². The van der Waals surface area contributed by atoms with Gasteiger partial charge >= 0.3 is 0 Å². The van der Waals surface area contributed by atoms with Crippen LogP contribution in [0.15, 0.2) is 28.8 Å². The Morgan fingerprint density at radius 3 is 2.75 bits per heavy atom. The number of ether oxygens (including phenoxy) is 1. The first-order valence-corrected chi connectivity index (χ1v) is 8.13. The van der Waals surface area contributed by atoms with Crippen molar-refractivity contribution < 1.29 is 19.2 Å². The van der Waals surface area contributed by atoms with Gasteiger partial charge in [0.25, 0.3) is 5.91 Å². The summed E-state index contributed by atoms with van der Waals surface area (Å²) in [6, 6.07) is 7.07. The first-order valence-electron chi connectivity index (χ1n) is 8.13. The summed E-state index contributed by atoms with van der Waals surface area (Å²) in [5, 5.41) is 16.8. The van der Waals surface area contributed by atoms with Gasteiger partial charge in [0, 0.05) is 6.54 Å². The topological polar surface area (TPSA) is 84.6 Å². The number of nitrogens with zero attached hydrogens (tertiary/aromatic N) is 1. The van der Waals surface area contributed by atoms with Crippen molar-refractivity contribution in [3.05, 3.63) is 46.8 Å². The number of benzene rings is 1. The van der Waals surface area contributed by atoms with Crippen LogP contribution in [0.3, 0.4) is 0 Å². The summed E-state index contributed by atoms with van der Waals surface area (Å²) in [4.78, 5) is 12.4. The van der Waals surface area contributed by atoms with Gasteiger partial charge < -0.3 is 19.7 Å². The van der Waals surface area contributed by atoms with Gasteiger partial charge in [-0.05, 0) is 45.2 Å². The minimum atomic E-state index is -0.748. The first kappa shape index (κ1) is 16.5. The van der Waals surface area contributed by atoms with E-state index in [1.165, 1.54) is 0 Å². The number of carbonyl (C=O) groups excluding carboxylic acids is 1. The van der Waals surface area contributed by atoms with E-state index >= 15 is 0 Å². The Kier molecular flexibility index (Phi) is 4.57. The van der Waals surface area contributed by atoms with Gasteiger partial charge in [0.15, 0.2) is 0 Å². The highest BCUT2D eigenvalue weighted by atomic mass is 16.5. The summed E-state index contributed by atoms with van der Waals surface area (Å²) >= 11 is 0. The highest BCUT2D eigenvalue weighted by molar-refractivity contribution is 5.96. The third-order valence-electron chi connectivity index (χ3n) is 4.55. The molecule has 0 bridgehead atoms. The van der Waals surface area contributed by atoms with Gasteiger partial charge in [0.2, 0.25) is 0 Å². The zero-order valence-electron chi connectivity index (χ0n) is 14.0. The molecule has 0 aliphatic heterocycles. The number of carbonyl (C=O) groups is 1. The Balaban J connectivity index is 1.67. The molecule has 2 aromatic rings. The Labute approximate surface area is 140 Å². The van der Waals surface area contributed by atoms with Crippen LogP contribution < -0.4 is 10.1 Å². The second-order valence-corrected chi connectivity index (χ2v) is 6.35. The molecule has 0 radical (unpaired) electrons. The standard InChI is InChI=1S/C18H22N2O4/c1-12-15(13(2)24-20-12)10-23-16-7-4-3-6-14(16)17(21)19-11-18(22)8-5-9-18/h3-4,6-7,22H,5,8-11H2,1-2H3,(H,19,21). The number of nitrogens with one attached hydrogen (secondary N) is 1. The molecule has 1 amide bonds. The van der Waals surface area contributed by atoms with E-state index in [9.17, 15) is 9.90 Å². The monoisotopic (exact) mass is 330 g/mol. The third kappa shape index (κ3) is 3.43. The van der Waals surface area contributed by atoms with Crippen LogP contribution in [0.2, 0.25) is 0 Å². The molecule has 0 atom stereocenters. The van der Waals surface area contributed by atoms with Gasteiger partial charge in [-0.1, -0.05) is 17.3 Å². The van der Waals surface area contributed by atoms with E-state index in [0.717, 1.165) is 30.5 Å². The Morgan fingerprint density at radius 1 is 1.38 bits per heavy atom. The van der Waals surface area contributed by atoms with Crippen molar-refractivity contribution in [2.75, 3.05) is 6.54 Å². The zero-order chi connectivity index (χ0) is 17.2. The molecular formula is C18H22N2O4. The summed E-state index contributed by atoms with van der Waals surface area (Å²) in [7, 11) is 0. The van der Waals surface area contributed by atoms with E-state index in [1.807, 2.05) is 19.9 Å². The van der Waals surface area contributed by atoms with Crippen molar-refractivity contribution in [1.29, 1.82) is 0 Å². The van der Waals surface area contributed by atoms with Crippen molar-refractivity contribution >= 4 is 5.91 Å². The van der Waals surface area contributed by atoms with Gasteiger partial charge in [-0.25, -0.2) is 0 Å². The minimum absolute atomic E-state index is 0.246. The first-order chi connectivity index (χ1) is 11.5. The van der Waals surface area contributed by atoms with Crippen molar-refractivity contribution in [2.24, 2.45) is 0 Å². The molecule has 6 heteroatoms. The second kappa shape index (κ2) is 6.65. The van der Waals surface area contributed by atoms with Crippen LogP contribution in [-0.2, 0) is 6.61 Å². The second-order valence-electron chi connectivity index (χ2n) is 6.35. The molecule has 3 rings (SSSR count). The molecule has 1 aromatic heterocycles. The number of amides is 1. The maximum absolute atomic E-state index is 12.4. The van der Waals surface area contributed by atoms with E-state index in [2.05, 4.69) is 10.5 Å². The maximum Gasteiger partial charge on any atom is 0.255 e. The summed E-state index contributed by atoms with van der Waals surface area (Å²) in [6.45, 7) is 4.24. The average molecular weight is 330 g/mol. The molecule has 6 nitrogen and oxygen atoms in total. The lowest BCUT2D eigenvalue weighted by Gasteiger charge is -2.36. The Morgan fingerprint density at radius 2 is 2.12 bits per heavy atom. The van der Waals surface area contributed by atoms with Crippen LogP contribution in [0.25, 0.3) is 0 Å². The summed E-state index contributed by atoms with van der Waals surface area (Å²) in [6.07, 6.45) is 2.47. The number of aliphatic hydroxyl groups is 1. The molecule has 2 N–H and O–H groups in total. The fourth-order valence-corrected chi connectivity index (χ4v) is 2.74. The van der Waals surface area contributed by atoms with Crippen LogP contribution >= 0.6 is 0 Å². The molecule has 1 aromatic carbocycles. The number of hydrogen-bond donors (Lipinski definition) is 2. The lowest BCUT2D eigenvalue weighted by molar-refractivity contribution is -0.0300. The van der Waals surface area contributed by atoms with E-state index in [1.54, 1.807) is 18.2 Å². The summed E-state index contributed by atoms with van der Waals surface area (Å²) < 4.78 is 10.9. The summed E-state index contributed by atoms with van der Waals surface area (Å²) in [5.41, 5.74) is 1.37. The number of hydrogen-bond acceptors (Lipinski definition) is 5. The van der Waals surface area contributed by atoms with Crippen molar-refractivity contribution in [3.63, 3.8) is 0 Å². The molecule has 128 valence electrons. The normalized spacial score (nSPS) is 15.6. The Hall–Kier alpha value is -2.34. The lowest BCUT2D eigenvalue weighted by atomic mass is 9.80. The Bertz CT molecular complexity index is 715. The number of rotatable bonds is 6. The highest BCUT2D eigenvalue weighted by Gasteiger charge is 2.34. The highest BCUT2D eigenvalue weighted by Crippen LogP contribution is 2.31. The van der Waals surface area contributed by atoms with Gasteiger partial charge in [-0.3, -0.25) is 4.79 Å². The number of aromatic nitrogens is 1. The third-order valence-corrected chi connectivity index (χ3v) is 4.55. The maximum atomic E-state index is 12.4. The molecule has 1 aliphatic carbocycles. The number of para-hydroxylation sites is 1. The van der Waals surface area contributed by atoms with Gasteiger partial charge in [0.05, 0.1) is 22.4 Å². The van der Waals surface area contributed by atoms with Crippen LogP contribution in [0.4, 0.5) is 0 Å². The van der Waals surface area contributed by atoms with Gasteiger partial charge in [-0.15, -0.1) is 0 Å². The quantitative estimate of drug-likeness (QED) is 0.850. The van der Waals surface area contributed by atoms with E-state index in [-0.39, 0.29) is 19.1 Å². The zero-order valence-corrected chi connectivity index (χ0v) is 14.0. The minimum Gasteiger partial charge on any atom is -0.488 e. The molecular weight excluding hydrogens is 308 g/mol. The van der Waals surface area contributed by atoms with Crippen LogP contribution in [-0.4, -0.2) is 28.3 Å². The summed E-state index contributed by atoms with van der Waals surface area (Å²) in [5.74, 6) is 0.960. The van der Waals surface area contributed by atoms with Crippen molar-refractivity contribution in [3.8, 4) is 5.75 Å². The number of aryl methyl sites for hydroxylation is 2. The molecule has 24 heavy (non-hydrogen) atoms. The van der Waals surface area contributed by atoms with Crippen molar-refractivity contribution in [1.82, 2.24) is 10.5 Å². The fraction of sp³-hybridized carbons (Fsp3) is 0.444. The van der Waals surface area contributed by atoms with Gasteiger partial charge in [-0.2, -0.15) is 0 Å². The largest absolute Gasteiger partial charge is 0.488 e. The van der Waals surface area contributed by atoms with Gasteiger partial charge in [0.1, 0.15) is 18.1 Å². The van der Waals surface area contributed by atoms with E-state index in [4.69, 9.17) is 9.26 Å². The lowest BCUT2D eigenvalue weighted by Crippen LogP contribution is -2.47. The smallest absolute Gasteiger partial charge is 0.255 e. The molecule has 1 heterocycles. The van der Waals surface area contributed by atoms with Crippen LogP contribution in [0.5, 0.6) is 5.75 Å². The average Bonchev–Trinajstić information content (AvgIpc) is 2.87. The predicted molar refractivity (Wildman–Crippen MR) is 87.9 cm³/mol. The van der Waals surface area contributed by atoms with Crippen molar-refractivity contribution in [2.45, 2.75) is 45.3 Å². The SMILES string of the molecule is Cc1noc(C)c1COc1ccccc1C(=O)NCC1(O)CCC1. The van der Waals surface area contributed by atoms with E-state index < -0.39 is 5.60 Å². The predicted octanol–water partition coefficient (Wildman–Crippen LogP) is 2.52.